The van der Waals surface area contributed by atoms with Crippen LogP contribution in [0.5, 0.6) is 0 Å². The van der Waals surface area contributed by atoms with Crippen LogP contribution in [0.1, 0.15) is 44.2 Å². The molecule has 6 heteroatoms. The highest BCUT2D eigenvalue weighted by molar-refractivity contribution is 5.74. The van der Waals surface area contributed by atoms with E-state index in [1.807, 2.05) is 0 Å². The standard InChI is InChI=1S/C15H20F2N2O2/c1-9(10-5-4-6-11(16)14(10)17)18-15(21)19-12-7-2-3-8-13(12)20/h4-6,9,12-13,20H,2-3,7-8H2,1H3,(H2,18,19,21). The number of aliphatic hydroxyl groups excluding tert-OH is 1. The van der Waals surface area contributed by atoms with E-state index in [1.165, 1.54) is 12.1 Å². The largest absolute Gasteiger partial charge is 0.391 e. The maximum absolute atomic E-state index is 13.6. The van der Waals surface area contributed by atoms with E-state index in [-0.39, 0.29) is 11.6 Å². The molecule has 3 atom stereocenters. The second-order valence-electron chi connectivity index (χ2n) is 5.44. The van der Waals surface area contributed by atoms with Crippen LogP contribution in [0.25, 0.3) is 0 Å². The molecule has 1 aromatic rings. The fourth-order valence-corrected chi connectivity index (χ4v) is 2.62. The third kappa shape index (κ3) is 3.91. The Kier molecular flexibility index (Phi) is 5.12. The molecule has 1 aliphatic rings. The summed E-state index contributed by atoms with van der Waals surface area (Å²) in [4.78, 5) is 11.9. The van der Waals surface area contributed by atoms with E-state index in [2.05, 4.69) is 10.6 Å². The zero-order valence-corrected chi connectivity index (χ0v) is 11.9. The summed E-state index contributed by atoms with van der Waals surface area (Å²) in [5.41, 5.74) is 0.0920. The molecular formula is C15H20F2N2O2. The van der Waals surface area contributed by atoms with Gasteiger partial charge in [-0.1, -0.05) is 25.0 Å². The lowest BCUT2D eigenvalue weighted by molar-refractivity contribution is 0.0940. The number of nitrogens with one attached hydrogen (secondary N) is 2. The summed E-state index contributed by atoms with van der Waals surface area (Å²) in [7, 11) is 0. The topological polar surface area (TPSA) is 61.4 Å². The van der Waals surface area contributed by atoms with Crippen molar-refractivity contribution in [2.24, 2.45) is 0 Å². The van der Waals surface area contributed by atoms with E-state index in [4.69, 9.17) is 0 Å². The van der Waals surface area contributed by atoms with Crippen molar-refractivity contribution in [3.63, 3.8) is 0 Å². The molecule has 0 bridgehead atoms. The summed E-state index contributed by atoms with van der Waals surface area (Å²) in [5, 5.41) is 15.0. The lowest BCUT2D eigenvalue weighted by Crippen LogP contribution is -2.49. The minimum atomic E-state index is -0.956. The number of amides is 2. The van der Waals surface area contributed by atoms with Crippen molar-refractivity contribution in [3.05, 3.63) is 35.4 Å². The first-order chi connectivity index (χ1) is 9.99. The number of benzene rings is 1. The molecule has 3 unspecified atom stereocenters. The highest BCUT2D eigenvalue weighted by Gasteiger charge is 2.25. The van der Waals surface area contributed by atoms with Crippen molar-refractivity contribution in [1.29, 1.82) is 0 Å². The maximum atomic E-state index is 13.6. The summed E-state index contributed by atoms with van der Waals surface area (Å²) < 4.78 is 26.8. The van der Waals surface area contributed by atoms with Crippen molar-refractivity contribution < 1.29 is 18.7 Å². The Bertz CT molecular complexity index is 510. The zero-order chi connectivity index (χ0) is 15.4. The molecule has 21 heavy (non-hydrogen) atoms. The van der Waals surface area contributed by atoms with Crippen LogP contribution >= 0.6 is 0 Å². The van der Waals surface area contributed by atoms with Crippen molar-refractivity contribution in [2.75, 3.05) is 0 Å². The molecule has 4 nitrogen and oxygen atoms in total. The van der Waals surface area contributed by atoms with Gasteiger partial charge in [-0.3, -0.25) is 0 Å². The first-order valence-corrected chi connectivity index (χ1v) is 7.18. The minimum absolute atomic E-state index is 0.0920. The number of aliphatic hydroxyl groups is 1. The van der Waals surface area contributed by atoms with Crippen LogP contribution < -0.4 is 10.6 Å². The first kappa shape index (κ1) is 15.7. The van der Waals surface area contributed by atoms with Gasteiger partial charge in [-0.05, 0) is 25.8 Å². The van der Waals surface area contributed by atoms with Gasteiger partial charge in [0.1, 0.15) is 0 Å². The monoisotopic (exact) mass is 298 g/mol. The van der Waals surface area contributed by atoms with Gasteiger partial charge in [0.05, 0.1) is 18.2 Å². The molecule has 3 N–H and O–H groups in total. The average molecular weight is 298 g/mol. The molecule has 0 aromatic heterocycles. The van der Waals surface area contributed by atoms with Crippen LogP contribution in [-0.2, 0) is 0 Å². The Balaban J connectivity index is 1.94. The van der Waals surface area contributed by atoms with E-state index >= 15 is 0 Å². The van der Waals surface area contributed by atoms with Crippen LogP contribution in [0.4, 0.5) is 13.6 Å². The summed E-state index contributed by atoms with van der Waals surface area (Å²) in [6.07, 6.45) is 2.74. The predicted octanol–water partition coefficient (Wildman–Crippen LogP) is 2.63. The number of carbonyl (C=O) groups excluding carboxylic acids is 1. The Hall–Kier alpha value is -1.69. The number of carbonyl (C=O) groups is 1. The molecule has 0 aliphatic heterocycles. The van der Waals surface area contributed by atoms with E-state index in [9.17, 15) is 18.7 Å². The molecular weight excluding hydrogens is 278 g/mol. The lowest BCUT2D eigenvalue weighted by atomic mass is 9.93. The summed E-state index contributed by atoms with van der Waals surface area (Å²) in [6.45, 7) is 1.58. The Labute approximate surface area is 122 Å². The molecule has 0 spiro atoms. The van der Waals surface area contributed by atoms with E-state index in [0.29, 0.717) is 6.42 Å². The molecule has 1 aliphatic carbocycles. The quantitative estimate of drug-likeness (QED) is 0.803. The van der Waals surface area contributed by atoms with Crippen molar-refractivity contribution >= 4 is 6.03 Å². The Morgan fingerprint density at radius 3 is 2.76 bits per heavy atom. The van der Waals surface area contributed by atoms with E-state index in [0.717, 1.165) is 25.3 Å². The van der Waals surface area contributed by atoms with E-state index in [1.54, 1.807) is 6.92 Å². The third-order valence-electron chi connectivity index (χ3n) is 3.84. The fraction of sp³-hybridized carbons (Fsp3) is 0.533. The van der Waals surface area contributed by atoms with Crippen molar-refractivity contribution in [2.45, 2.75) is 50.8 Å². The van der Waals surface area contributed by atoms with Gasteiger partial charge in [-0.25, -0.2) is 13.6 Å². The van der Waals surface area contributed by atoms with Gasteiger partial charge in [-0.15, -0.1) is 0 Å². The highest BCUT2D eigenvalue weighted by atomic mass is 19.2. The number of urea groups is 1. The normalized spacial score (nSPS) is 23.4. The summed E-state index contributed by atoms with van der Waals surface area (Å²) in [6, 6.07) is 2.42. The molecule has 1 saturated carbocycles. The van der Waals surface area contributed by atoms with Crippen LogP contribution in [0.3, 0.4) is 0 Å². The zero-order valence-electron chi connectivity index (χ0n) is 11.9. The second kappa shape index (κ2) is 6.85. The van der Waals surface area contributed by atoms with Gasteiger partial charge in [-0.2, -0.15) is 0 Å². The smallest absolute Gasteiger partial charge is 0.315 e. The predicted molar refractivity (Wildman–Crippen MR) is 74.7 cm³/mol. The van der Waals surface area contributed by atoms with Crippen molar-refractivity contribution in [3.8, 4) is 0 Å². The van der Waals surface area contributed by atoms with Gasteiger partial charge in [0.2, 0.25) is 0 Å². The third-order valence-corrected chi connectivity index (χ3v) is 3.84. The van der Waals surface area contributed by atoms with Gasteiger partial charge in [0.15, 0.2) is 11.6 Å². The number of hydrogen-bond donors (Lipinski definition) is 3. The minimum Gasteiger partial charge on any atom is -0.391 e. The van der Waals surface area contributed by atoms with Gasteiger partial charge < -0.3 is 15.7 Å². The summed E-state index contributed by atoms with van der Waals surface area (Å²) in [5.74, 6) is -1.90. The molecule has 116 valence electrons. The Morgan fingerprint density at radius 2 is 2.05 bits per heavy atom. The number of halogens is 2. The molecule has 0 saturated heterocycles. The van der Waals surface area contributed by atoms with Gasteiger partial charge >= 0.3 is 6.03 Å². The van der Waals surface area contributed by atoms with Gasteiger partial charge in [0.25, 0.3) is 0 Å². The SMILES string of the molecule is CC(NC(=O)NC1CCCCC1O)c1cccc(F)c1F. The van der Waals surface area contributed by atoms with E-state index < -0.39 is 29.8 Å². The molecule has 0 radical (unpaired) electrons. The molecule has 1 aromatic carbocycles. The maximum Gasteiger partial charge on any atom is 0.315 e. The first-order valence-electron chi connectivity index (χ1n) is 7.18. The van der Waals surface area contributed by atoms with Crippen molar-refractivity contribution in [1.82, 2.24) is 10.6 Å². The number of rotatable bonds is 3. The fourth-order valence-electron chi connectivity index (χ4n) is 2.62. The summed E-state index contributed by atoms with van der Waals surface area (Å²) >= 11 is 0. The van der Waals surface area contributed by atoms with Crippen LogP contribution in [0, 0.1) is 11.6 Å². The van der Waals surface area contributed by atoms with Crippen LogP contribution in [0.2, 0.25) is 0 Å². The second-order valence-corrected chi connectivity index (χ2v) is 5.44. The van der Waals surface area contributed by atoms with Gasteiger partial charge in [0, 0.05) is 5.56 Å². The average Bonchev–Trinajstić information content (AvgIpc) is 2.44. The Morgan fingerprint density at radius 1 is 1.33 bits per heavy atom. The molecule has 0 heterocycles. The molecule has 2 amide bonds. The molecule has 1 fully saturated rings. The van der Waals surface area contributed by atoms with Crippen LogP contribution in [-0.4, -0.2) is 23.3 Å². The lowest BCUT2D eigenvalue weighted by Gasteiger charge is -2.29. The number of hydrogen-bond acceptors (Lipinski definition) is 2. The highest BCUT2D eigenvalue weighted by Crippen LogP contribution is 2.20. The molecule has 2 rings (SSSR count). The van der Waals surface area contributed by atoms with Crippen LogP contribution in [0.15, 0.2) is 18.2 Å².